The minimum absolute atomic E-state index is 0.0795. The van der Waals surface area contributed by atoms with Gasteiger partial charge in [-0.25, -0.2) is 4.39 Å². The molecule has 0 bridgehead atoms. The number of carbonyl (C=O) groups excluding carboxylic acids is 2. The van der Waals surface area contributed by atoms with E-state index in [1.54, 1.807) is 25.1 Å². The Labute approximate surface area is 196 Å². The smallest absolute Gasteiger partial charge is 0.269 e. The lowest BCUT2D eigenvalue weighted by atomic mass is 9.94. The molecule has 3 aromatic rings. The van der Waals surface area contributed by atoms with Crippen molar-refractivity contribution in [1.29, 1.82) is 0 Å². The molecule has 2 amide bonds. The third-order valence-electron chi connectivity index (χ3n) is 6.55. The lowest BCUT2D eigenvalue weighted by Gasteiger charge is -2.28. The second-order valence-corrected chi connectivity index (χ2v) is 9.26. The number of hydrogen-bond acceptors (Lipinski definition) is 3. The zero-order valence-corrected chi connectivity index (χ0v) is 19.3. The maximum atomic E-state index is 15.7. The number of aryl methyl sites for hydroxylation is 1. The molecular formula is C25H27F2N5O2. The van der Waals surface area contributed by atoms with Crippen molar-refractivity contribution < 1.29 is 18.4 Å². The van der Waals surface area contributed by atoms with Gasteiger partial charge in [0.15, 0.2) is 5.82 Å². The highest BCUT2D eigenvalue weighted by Crippen LogP contribution is 2.45. The van der Waals surface area contributed by atoms with Crippen LogP contribution in [0.2, 0.25) is 0 Å². The summed E-state index contributed by atoms with van der Waals surface area (Å²) in [5, 5.41) is 4.43. The summed E-state index contributed by atoms with van der Waals surface area (Å²) < 4.78 is 30.2. The van der Waals surface area contributed by atoms with Crippen molar-refractivity contribution in [3.63, 3.8) is 0 Å². The van der Waals surface area contributed by atoms with Crippen LogP contribution in [0.1, 0.15) is 53.2 Å². The van der Waals surface area contributed by atoms with Crippen molar-refractivity contribution in [3.8, 4) is 0 Å². The molecular weight excluding hydrogens is 440 g/mol. The maximum Gasteiger partial charge on any atom is 0.269 e. The van der Waals surface area contributed by atoms with Gasteiger partial charge in [0.1, 0.15) is 5.69 Å². The van der Waals surface area contributed by atoms with E-state index in [9.17, 15) is 14.0 Å². The topological polar surface area (TPSA) is 74.2 Å². The first kappa shape index (κ1) is 22.3. The van der Waals surface area contributed by atoms with E-state index in [0.29, 0.717) is 42.2 Å². The monoisotopic (exact) mass is 467 g/mol. The van der Waals surface area contributed by atoms with Gasteiger partial charge in [-0.2, -0.15) is 4.39 Å². The van der Waals surface area contributed by atoms with Gasteiger partial charge in [0.05, 0.1) is 5.52 Å². The summed E-state index contributed by atoms with van der Waals surface area (Å²) in [5.41, 5.74) is 3.00. The number of aromatic nitrogens is 3. The third kappa shape index (κ3) is 4.22. The van der Waals surface area contributed by atoms with E-state index in [0.717, 1.165) is 29.4 Å². The number of nitrogens with zero attached hydrogens (tertiary/aromatic N) is 4. The fourth-order valence-electron chi connectivity index (χ4n) is 4.59. The second-order valence-electron chi connectivity index (χ2n) is 9.26. The van der Waals surface area contributed by atoms with Crippen LogP contribution < -0.4 is 0 Å². The normalized spacial score (nSPS) is 16.1. The van der Waals surface area contributed by atoms with Crippen LogP contribution in [-0.2, 0) is 11.3 Å². The van der Waals surface area contributed by atoms with Crippen LogP contribution in [0.3, 0.4) is 0 Å². The van der Waals surface area contributed by atoms with Crippen molar-refractivity contribution >= 4 is 28.3 Å². The largest absolute Gasteiger partial charge is 0.348 e. The predicted molar refractivity (Wildman–Crippen MR) is 124 cm³/mol. The van der Waals surface area contributed by atoms with E-state index in [4.69, 9.17) is 0 Å². The highest BCUT2D eigenvalue weighted by molar-refractivity contribution is 6.00. The summed E-state index contributed by atoms with van der Waals surface area (Å²) >= 11 is 0. The molecule has 5 rings (SSSR count). The number of halogens is 2. The van der Waals surface area contributed by atoms with Crippen LogP contribution in [0.5, 0.6) is 0 Å². The SMILES string of the molecule is CN(C)C(=O)c1cc2c(C3CC3)cc(C3=CCCN(C(=O)CCn4ccc(F)n4)C3)c(F)c2[nH]1. The number of hydrogen-bond donors (Lipinski definition) is 1. The zero-order chi connectivity index (χ0) is 24.0. The van der Waals surface area contributed by atoms with Crippen LogP contribution in [0.15, 0.2) is 30.5 Å². The molecule has 1 aliphatic carbocycles. The lowest BCUT2D eigenvalue weighted by Crippen LogP contribution is -2.36. The van der Waals surface area contributed by atoms with Gasteiger partial charge < -0.3 is 14.8 Å². The molecule has 7 nitrogen and oxygen atoms in total. The molecule has 3 heterocycles. The summed E-state index contributed by atoms with van der Waals surface area (Å²) in [5.74, 6) is -0.900. The number of fused-ring (bicyclic) bond motifs is 1. The highest BCUT2D eigenvalue weighted by atomic mass is 19.1. The van der Waals surface area contributed by atoms with Gasteiger partial charge in [-0.05, 0) is 48.4 Å². The van der Waals surface area contributed by atoms with Gasteiger partial charge in [-0.15, -0.1) is 5.10 Å². The Morgan fingerprint density at radius 3 is 2.71 bits per heavy atom. The quantitative estimate of drug-likeness (QED) is 0.597. The van der Waals surface area contributed by atoms with Crippen molar-refractivity contribution in [2.24, 2.45) is 0 Å². The Bertz CT molecular complexity index is 1300. The Balaban J connectivity index is 1.41. The zero-order valence-electron chi connectivity index (χ0n) is 19.3. The first-order valence-electron chi connectivity index (χ1n) is 11.5. The molecule has 34 heavy (non-hydrogen) atoms. The van der Waals surface area contributed by atoms with Crippen molar-refractivity contribution in [2.45, 2.75) is 38.1 Å². The minimum atomic E-state index is -0.576. The van der Waals surface area contributed by atoms with Crippen LogP contribution in [0, 0.1) is 11.8 Å². The average molecular weight is 468 g/mol. The van der Waals surface area contributed by atoms with Crippen LogP contribution in [0.4, 0.5) is 8.78 Å². The molecule has 1 fully saturated rings. The van der Waals surface area contributed by atoms with Crippen molar-refractivity contribution in [2.75, 3.05) is 27.2 Å². The summed E-state index contributed by atoms with van der Waals surface area (Å²) in [7, 11) is 3.33. The molecule has 0 saturated heterocycles. The Kier molecular flexibility index (Phi) is 5.71. The van der Waals surface area contributed by atoms with E-state index in [1.165, 1.54) is 21.8 Å². The molecule has 1 aromatic carbocycles. The van der Waals surface area contributed by atoms with Gasteiger partial charge in [-0.3, -0.25) is 14.3 Å². The minimum Gasteiger partial charge on any atom is -0.348 e. The van der Waals surface area contributed by atoms with Gasteiger partial charge in [0, 0.05) is 63.4 Å². The van der Waals surface area contributed by atoms with E-state index in [2.05, 4.69) is 10.1 Å². The van der Waals surface area contributed by atoms with Crippen LogP contribution in [0.25, 0.3) is 16.5 Å². The van der Waals surface area contributed by atoms with Gasteiger partial charge in [-0.1, -0.05) is 6.08 Å². The molecule has 2 aromatic heterocycles. The molecule has 0 unspecified atom stereocenters. The summed E-state index contributed by atoms with van der Waals surface area (Å²) in [4.78, 5) is 31.5. The first-order valence-corrected chi connectivity index (χ1v) is 11.5. The van der Waals surface area contributed by atoms with Crippen molar-refractivity contribution in [3.05, 3.63) is 59.1 Å². The van der Waals surface area contributed by atoms with Crippen LogP contribution in [-0.4, -0.2) is 63.6 Å². The predicted octanol–water partition coefficient (Wildman–Crippen LogP) is 3.93. The summed E-state index contributed by atoms with van der Waals surface area (Å²) in [6.07, 6.45) is 6.39. The van der Waals surface area contributed by atoms with E-state index in [1.807, 2.05) is 12.1 Å². The lowest BCUT2D eigenvalue weighted by molar-refractivity contribution is -0.131. The Hall–Kier alpha value is -3.49. The molecule has 0 radical (unpaired) electrons. The van der Waals surface area contributed by atoms with E-state index in [-0.39, 0.29) is 24.8 Å². The number of H-pyrrole nitrogens is 1. The molecule has 1 saturated carbocycles. The highest BCUT2D eigenvalue weighted by Gasteiger charge is 2.30. The number of benzene rings is 1. The molecule has 2 aliphatic rings. The number of rotatable bonds is 6. The molecule has 1 aliphatic heterocycles. The Morgan fingerprint density at radius 1 is 1.24 bits per heavy atom. The summed E-state index contributed by atoms with van der Waals surface area (Å²) in [6, 6.07) is 4.90. The second kappa shape index (κ2) is 8.70. The average Bonchev–Trinajstić information content (AvgIpc) is 3.43. The standard InChI is InChI=1S/C25H27F2N5O2/c1-30(2)25(34)20-13-19-17(15-5-6-15)12-18(23(27)24(19)28-20)16-4-3-9-31(14-16)22(33)8-11-32-10-7-21(26)29-32/h4,7,10,12-13,15,28H,3,5-6,8-9,11,14H2,1-2H3. The molecule has 178 valence electrons. The number of aromatic amines is 1. The molecule has 0 spiro atoms. The molecule has 0 atom stereocenters. The number of carbonyl (C=O) groups is 2. The fourth-order valence-corrected chi connectivity index (χ4v) is 4.59. The Morgan fingerprint density at radius 2 is 2.03 bits per heavy atom. The van der Waals surface area contributed by atoms with Gasteiger partial charge in [0.2, 0.25) is 11.9 Å². The fraction of sp³-hybridized carbons (Fsp3) is 0.400. The third-order valence-corrected chi connectivity index (χ3v) is 6.55. The summed E-state index contributed by atoms with van der Waals surface area (Å²) in [6.45, 7) is 1.15. The van der Waals surface area contributed by atoms with Gasteiger partial charge in [0.25, 0.3) is 5.91 Å². The van der Waals surface area contributed by atoms with Crippen LogP contribution >= 0.6 is 0 Å². The van der Waals surface area contributed by atoms with Gasteiger partial charge >= 0.3 is 0 Å². The molecule has 1 N–H and O–H groups in total. The van der Waals surface area contributed by atoms with E-state index >= 15 is 4.39 Å². The molecule has 9 heteroatoms. The first-order chi connectivity index (χ1) is 16.3. The van der Waals surface area contributed by atoms with E-state index < -0.39 is 11.8 Å². The van der Waals surface area contributed by atoms with Crippen molar-refractivity contribution in [1.82, 2.24) is 24.6 Å². The number of nitrogens with one attached hydrogen (secondary N) is 1. The number of amides is 2. The maximum absolute atomic E-state index is 15.7.